The van der Waals surface area contributed by atoms with E-state index >= 15 is 4.39 Å². The van der Waals surface area contributed by atoms with Crippen LogP contribution in [0.25, 0.3) is 0 Å². The molecule has 0 radical (unpaired) electrons. The molecule has 29 heavy (non-hydrogen) atoms. The minimum absolute atomic E-state index is 0.0172. The fourth-order valence-corrected chi connectivity index (χ4v) is 5.31. The number of hydrogen-bond acceptors (Lipinski definition) is 2. The van der Waals surface area contributed by atoms with Gasteiger partial charge in [-0.1, -0.05) is 60.7 Å². The summed E-state index contributed by atoms with van der Waals surface area (Å²) in [4.78, 5) is 14.5. The molecule has 1 amide bonds. The summed E-state index contributed by atoms with van der Waals surface area (Å²) in [5.74, 6) is -0.166. The zero-order valence-electron chi connectivity index (χ0n) is 17.5. The van der Waals surface area contributed by atoms with Gasteiger partial charge in [-0.25, -0.2) is 9.18 Å². The van der Waals surface area contributed by atoms with E-state index in [1.54, 1.807) is 4.90 Å². The van der Waals surface area contributed by atoms with Crippen molar-refractivity contribution >= 4 is 6.09 Å². The van der Waals surface area contributed by atoms with Crippen molar-refractivity contribution in [3.8, 4) is 0 Å². The Morgan fingerprint density at radius 3 is 2.07 bits per heavy atom. The van der Waals surface area contributed by atoms with E-state index in [4.69, 9.17) is 4.74 Å². The number of alkyl halides is 1. The molecule has 4 rings (SSSR count). The number of carbonyl (C=O) groups is 1. The van der Waals surface area contributed by atoms with Gasteiger partial charge in [0, 0.05) is 24.4 Å². The van der Waals surface area contributed by atoms with Crippen LogP contribution < -0.4 is 0 Å². The molecule has 2 aliphatic rings. The van der Waals surface area contributed by atoms with Gasteiger partial charge < -0.3 is 9.64 Å². The first-order chi connectivity index (χ1) is 13.8. The lowest BCUT2D eigenvalue weighted by Gasteiger charge is -2.47. The Balaban J connectivity index is 1.76. The van der Waals surface area contributed by atoms with Crippen LogP contribution in [-0.4, -0.2) is 35.9 Å². The molecule has 0 N–H and O–H groups in total. The van der Waals surface area contributed by atoms with Crippen LogP contribution in [0.2, 0.25) is 0 Å². The quantitative estimate of drug-likeness (QED) is 0.664. The number of rotatable bonds is 2. The second-order valence-electron chi connectivity index (χ2n) is 9.41. The van der Waals surface area contributed by atoms with Crippen LogP contribution in [0.3, 0.4) is 0 Å². The third-order valence-corrected chi connectivity index (χ3v) is 6.51. The standard InChI is InChI=1S/C25H30FNO2/c1-24(2,3)29-23(28)27-16-20-21(17-27)25(15-14-22(20)26,18-10-6-4-7-11-18)19-12-8-5-9-13-19/h4-13,20-22H,14-17H2,1-3H3. The normalized spacial score (nSPS) is 26.1. The lowest BCUT2D eigenvalue weighted by atomic mass is 9.56. The Labute approximate surface area is 172 Å². The first kappa shape index (κ1) is 19.9. The van der Waals surface area contributed by atoms with Crippen molar-refractivity contribution in [3.63, 3.8) is 0 Å². The molecule has 2 aromatic rings. The maximum atomic E-state index is 15.1. The number of fused-ring (bicyclic) bond motifs is 1. The van der Waals surface area contributed by atoms with Crippen LogP contribution in [0.15, 0.2) is 60.7 Å². The van der Waals surface area contributed by atoms with E-state index in [0.29, 0.717) is 19.5 Å². The van der Waals surface area contributed by atoms with Gasteiger partial charge in [0.15, 0.2) is 0 Å². The maximum Gasteiger partial charge on any atom is 0.410 e. The van der Waals surface area contributed by atoms with Gasteiger partial charge in [-0.2, -0.15) is 0 Å². The zero-order chi connectivity index (χ0) is 20.6. The summed E-state index contributed by atoms with van der Waals surface area (Å²) >= 11 is 0. The second kappa shape index (κ2) is 7.47. The summed E-state index contributed by atoms with van der Waals surface area (Å²) < 4.78 is 20.7. The van der Waals surface area contributed by atoms with Crippen LogP contribution in [0.4, 0.5) is 9.18 Å². The van der Waals surface area contributed by atoms with Gasteiger partial charge in [-0.3, -0.25) is 0 Å². The van der Waals surface area contributed by atoms with Crippen molar-refractivity contribution in [3.05, 3.63) is 71.8 Å². The SMILES string of the molecule is CC(C)(C)OC(=O)N1CC2C(F)CCC(c3ccccc3)(c3ccccc3)C2C1. The number of nitrogens with zero attached hydrogens (tertiary/aromatic N) is 1. The lowest BCUT2D eigenvalue weighted by Crippen LogP contribution is -2.47. The molecule has 4 heteroatoms. The van der Waals surface area contributed by atoms with Gasteiger partial charge in [0.05, 0.1) is 0 Å². The van der Waals surface area contributed by atoms with Crippen molar-refractivity contribution in [1.29, 1.82) is 0 Å². The summed E-state index contributed by atoms with van der Waals surface area (Å²) in [6, 6.07) is 20.8. The molecule has 1 saturated carbocycles. The van der Waals surface area contributed by atoms with Gasteiger partial charge in [0.25, 0.3) is 0 Å². The van der Waals surface area contributed by atoms with Crippen molar-refractivity contribution in [2.45, 2.75) is 50.8 Å². The highest BCUT2D eigenvalue weighted by Crippen LogP contribution is 2.54. The fraction of sp³-hybridized carbons (Fsp3) is 0.480. The van der Waals surface area contributed by atoms with Gasteiger partial charge in [0.2, 0.25) is 0 Å². The highest BCUT2D eigenvalue weighted by Gasteiger charge is 2.56. The highest BCUT2D eigenvalue weighted by molar-refractivity contribution is 5.69. The van der Waals surface area contributed by atoms with E-state index in [1.807, 2.05) is 32.9 Å². The number of benzene rings is 2. The molecule has 2 fully saturated rings. The predicted octanol–water partition coefficient (Wildman–Crippen LogP) is 5.59. The minimum Gasteiger partial charge on any atom is -0.444 e. The zero-order valence-corrected chi connectivity index (χ0v) is 17.5. The number of halogens is 1. The van der Waals surface area contributed by atoms with Gasteiger partial charge in [-0.15, -0.1) is 0 Å². The summed E-state index contributed by atoms with van der Waals surface area (Å²) in [5, 5.41) is 0. The van der Waals surface area contributed by atoms with E-state index in [2.05, 4.69) is 48.5 Å². The van der Waals surface area contributed by atoms with Crippen LogP contribution in [0.1, 0.15) is 44.7 Å². The van der Waals surface area contributed by atoms with Crippen molar-refractivity contribution in [2.24, 2.45) is 11.8 Å². The summed E-state index contributed by atoms with van der Waals surface area (Å²) in [6.07, 6.45) is 0.0145. The summed E-state index contributed by atoms with van der Waals surface area (Å²) in [6.45, 7) is 6.53. The van der Waals surface area contributed by atoms with Crippen LogP contribution >= 0.6 is 0 Å². The molecule has 3 nitrogen and oxygen atoms in total. The van der Waals surface area contributed by atoms with Crippen molar-refractivity contribution in [2.75, 3.05) is 13.1 Å². The Bertz CT molecular complexity index is 807. The van der Waals surface area contributed by atoms with E-state index < -0.39 is 11.8 Å². The van der Waals surface area contributed by atoms with Crippen molar-refractivity contribution in [1.82, 2.24) is 4.90 Å². The minimum atomic E-state index is -0.895. The molecule has 2 aromatic carbocycles. The number of ether oxygens (including phenoxy) is 1. The summed E-state index contributed by atoms with van der Waals surface area (Å²) in [7, 11) is 0. The smallest absolute Gasteiger partial charge is 0.410 e. The average molecular weight is 396 g/mol. The second-order valence-corrected chi connectivity index (χ2v) is 9.41. The Morgan fingerprint density at radius 2 is 1.55 bits per heavy atom. The molecule has 3 unspecified atom stereocenters. The first-order valence-corrected chi connectivity index (χ1v) is 10.5. The Kier molecular flexibility index (Phi) is 5.14. The van der Waals surface area contributed by atoms with Gasteiger partial charge in [0.1, 0.15) is 11.8 Å². The molecular formula is C25H30FNO2. The molecule has 0 aromatic heterocycles. The Hall–Kier alpha value is -2.36. The van der Waals surface area contributed by atoms with Gasteiger partial charge in [-0.05, 0) is 50.7 Å². The van der Waals surface area contributed by atoms with Gasteiger partial charge >= 0.3 is 6.09 Å². The molecule has 0 bridgehead atoms. The predicted molar refractivity (Wildman–Crippen MR) is 113 cm³/mol. The average Bonchev–Trinajstić information content (AvgIpc) is 3.16. The van der Waals surface area contributed by atoms with Crippen LogP contribution in [-0.2, 0) is 10.2 Å². The van der Waals surface area contributed by atoms with Crippen LogP contribution in [0.5, 0.6) is 0 Å². The molecule has 1 heterocycles. The molecule has 1 saturated heterocycles. The third-order valence-electron chi connectivity index (χ3n) is 6.51. The molecule has 0 spiro atoms. The van der Waals surface area contributed by atoms with E-state index in [9.17, 15) is 4.79 Å². The molecular weight excluding hydrogens is 365 g/mol. The van der Waals surface area contributed by atoms with Crippen molar-refractivity contribution < 1.29 is 13.9 Å². The lowest BCUT2D eigenvalue weighted by molar-refractivity contribution is 0.0279. The number of carbonyl (C=O) groups excluding carboxylic acids is 1. The highest BCUT2D eigenvalue weighted by atomic mass is 19.1. The van der Waals surface area contributed by atoms with E-state index in [0.717, 1.165) is 6.42 Å². The van der Waals surface area contributed by atoms with E-state index in [1.165, 1.54) is 11.1 Å². The maximum absolute atomic E-state index is 15.1. The molecule has 1 aliphatic heterocycles. The Morgan fingerprint density at radius 1 is 1.00 bits per heavy atom. The number of likely N-dealkylation sites (tertiary alicyclic amines) is 1. The third kappa shape index (κ3) is 3.65. The molecule has 1 aliphatic carbocycles. The monoisotopic (exact) mass is 395 g/mol. The molecule has 154 valence electrons. The molecule has 3 atom stereocenters. The largest absolute Gasteiger partial charge is 0.444 e. The topological polar surface area (TPSA) is 29.5 Å². The summed E-state index contributed by atoms with van der Waals surface area (Å²) in [5.41, 5.74) is 1.56. The van der Waals surface area contributed by atoms with E-state index in [-0.39, 0.29) is 23.3 Å². The number of hydrogen-bond donors (Lipinski definition) is 0. The number of amides is 1. The fourth-order valence-electron chi connectivity index (χ4n) is 5.31. The first-order valence-electron chi connectivity index (χ1n) is 10.5. The van der Waals surface area contributed by atoms with Crippen LogP contribution in [0, 0.1) is 11.8 Å².